The van der Waals surface area contributed by atoms with Crippen molar-refractivity contribution in [2.45, 2.75) is 54.4 Å². The van der Waals surface area contributed by atoms with Gasteiger partial charge in [-0.25, -0.2) is 0 Å². The normalized spacial score (nSPS) is 11.7. The van der Waals surface area contributed by atoms with Crippen LogP contribution in [0.15, 0.2) is 47.6 Å². The number of hydrogen-bond donors (Lipinski definition) is 0. The number of allylic oxidation sites excluding steroid dienone is 8. The van der Waals surface area contributed by atoms with Gasteiger partial charge in [0.05, 0.1) is 0 Å². The summed E-state index contributed by atoms with van der Waals surface area (Å²) >= 11 is 0. The molecular weight excluding hydrogens is 422 g/mol. The SMILES string of the molecule is C1=CCC=C1.CC.CC.CC1=CC=C(C)C1.[CH3-].[CH3-].[Rh].[Rh]. The molecule has 0 aliphatic heterocycles. The van der Waals surface area contributed by atoms with Gasteiger partial charge in [0, 0.05) is 39.0 Å². The van der Waals surface area contributed by atoms with Gasteiger partial charge in [-0.05, 0) is 26.7 Å². The third-order valence-corrected chi connectivity index (χ3v) is 1.87. The van der Waals surface area contributed by atoms with E-state index in [0.29, 0.717) is 0 Å². The second-order valence-corrected chi connectivity index (χ2v) is 3.29. The Morgan fingerprint density at radius 3 is 1.10 bits per heavy atom. The summed E-state index contributed by atoms with van der Waals surface area (Å²) in [5.74, 6) is 0. The summed E-state index contributed by atoms with van der Waals surface area (Å²) in [5.41, 5.74) is 2.97. The summed E-state index contributed by atoms with van der Waals surface area (Å²) in [6, 6.07) is 0. The van der Waals surface area contributed by atoms with Crippen LogP contribution in [-0.2, 0) is 39.0 Å². The predicted octanol–water partition coefficient (Wildman–Crippen LogP) is 6.73. The molecule has 2 radical (unpaired) electrons. The Morgan fingerprint density at radius 2 is 1.00 bits per heavy atom. The molecule has 2 heteroatoms. The molecule has 126 valence electrons. The third kappa shape index (κ3) is 26.7. The largest absolute Gasteiger partial charge is 0.358 e. The second-order valence-electron chi connectivity index (χ2n) is 3.29. The number of rotatable bonds is 0. The van der Waals surface area contributed by atoms with Crippen LogP contribution in [-0.4, -0.2) is 0 Å². The smallest absolute Gasteiger partial charge is 0 e. The van der Waals surface area contributed by atoms with Crippen LogP contribution >= 0.6 is 0 Å². The van der Waals surface area contributed by atoms with E-state index < -0.39 is 0 Å². The van der Waals surface area contributed by atoms with E-state index in [9.17, 15) is 0 Å². The van der Waals surface area contributed by atoms with Crippen molar-refractivity contribution in [1.82, 2.24) is 0 Å². The van der Waals surface area contributed by atoms with Crippen LogP contribution in [0.25, 0.3) is 0 Å². The van der Waals surface area contributed by atoms with Crippen LogP contribution in [0.3, 0.4) is 0 Å². The van der Waals surface area contributed by atoms with Gasteiger partial charge >= 0.3 is 0 Å². The fourth-order valence-corrected chi connectivity index (χ4v) is 1.24. The monoisotopic (exact) mass is 456 g/mol. The molecule has 0 spiro atoms. The average Bonchev–Trinajstić information content (AvgIpc) is 2.99. The van der Waals surface area contributed by atoms with E-state index in [0.717, 1.165) is 6.42 Å². The summed E-state index contributed by atoms with van der Waals surface area (Å²) in [6.07, 6.45) is 15.0. The van der Waals surface area contributed by atoms with Gasteiger partial charge in [-0.15, -0.1) is 0 Å². The van der Waals surface area contributed by atoms with Gasteiger partial charge in [0.2, 0.25) is 0 Å². The van der Waals surface area contributed by atoms with E-state index in [1.165, 1.54) is 17.6 Å². The van der Waals surface area contributed by atoms with Crippen LogP contribution in [0.2, 0.25) is 0 Å². The van der Waals surface area contributed by atoms with Crippen molar-refractivity contribution in [3.05, 3.63) is 62.5 Å². The molecule has 2 aliphatic rings. The number of hydrogen-bond acceptors (Lipinski definition) is 0. The van der Waals surface area contributed by atoms with E-state index in [1.54, 1.807) is 0 Å². The zero-order valence-corrected chi connectivity index (χ0v) is 17.8. The molecule has 20 heavy (non-hydrogen) atoms. The van der Waals surface area contributed by atoms with Crippen LogP contribution in [0.1, 0.15) is 54.4 Å². The van der Waals surface area contributed by atoms with E-state index >= 15 is 0 Å². The quantitative estimate of drug-likeness (QED) is 0.280. The molecule has 0 N–H and O–H groups in total. The van der Waals surface area contributed by atoms with Crippen molar-refractivity contribution in [2.75, 3.05) is 0 Å². The molecule has 0 fully saturated rings. The second kappa shape index (κ2) is 31.5. The van der Waals surface area contributed by atoms with E-state index in [2.05, 4.69) is 50.3 Å². The Labute approximate surface area is 155 Å². The average molecular weight is 456 g/mol. The van der Waals surface area contributed by atoms with Crippen molar-refractivity contribution in [3.63, 3.8) is 0 Å². The van der Waals surface area contributed by atoms with Crippen molar-refractivity contribution in [1.29, 1.82) is 0 Å². The molecule has 0 saturated heterocycles. The fraction of sp³-hybridized carbons (Fsp3) is 0.444. The van der Waals surface area contributed by atoms with Gasteiger partial charge in [-0.3, -0.25) is 0 Å². The third-order valence-electron chi connectivity index (χ3n) is 1.87. The molecule has 0 aromatic rings. The zero-order valence-electron chi connectivity index (χ0n) is 14.5. The summed E-state index contributed by atoms with van der Waals surface area (Å²) in [5, 5.41) is 0. The minimum absolute atomic E-state index is 0. The standard InChI is InChI=1S/C7H10.C5H6.2C2H6.2CH3.2Rh/c1-6-3-4-7(2)5-6;1-2-4-5-3-1;2*1-2;;;;/h3-4H,5H2,1-2H3;1-4H,5H2;2*1-2H3;2*1H3;;/q;;;;2*-1;;. The molecule has 2 rings (SSSR count). The van der Waals surface area contributed by atoms with E-state index in [4.69, 9.17) is 0 Å². The first kappa shape index (κ1) is 36.9. The maximum atomic E-state index is 2.18. The van der Waals surface area contributed by atoms with Gasteiger partial charge in [0.1, 0.15) is 0 Å². The summed E-state index contributed by atoms with van der Waals surface area (Å²) in [6.45, 7) is 12.3. The first-order valence-electron chi connectivity index (χ1n) is 6.43. The Bertz CT molecular complexity index is 233. The molecule has 0 aromatic carbocycles. The minimum atomic E-state index is 0. The topological polar surface area (TPSA) is 0 Å². The van der Waals surface area contributed by atoms with Crippen LogP contribution in [0.4, 0.5) is 0 Å². The van der Waals surface area contributed by atoms with Gasteiger partial charge in [-0.1, -0.05) is 75.3 Å². The summed E-state index contributed by atoms with van der Waals surface area (Å²) in [4.78, 5) is 0. The minimum Gasteiger partial charge on any atom is -0.358 e. The maximum absolute atomic E-state index is 2.18. The molecule has 0 atom stereocenters. The molecule has 0 heterocycles. The first-order chi connectivity index (χ1) is 7.79. The maximum Gasteiger partial charge on any atom is 0 e. The van der Waals surface area contributed by atoms with Crippen molar-refractivity contribution < 1.29 is 39.0 Å². The molecule has 0 nitrogen and oxygen atoms in total. The van der Waals surface area contributed by atoms with Crippen molar-refractivity contribution in [2.24, 2.45) is 0 Å². The molecular formula is C18H34Rh2-2. The molecule has 0 aromatic heterocycles. The van der Waals surface area contributed by atoms with E-state index in [1.807, 2.05) is 27.7 Å². The fourth-order valence-electron chi connectivity index (χ4n) is 1.24. The zero-order chi connectivity index (χ0) is 12.8. The Hall–Kier alpha value is 0.207. The molecule has 2 aliphatic carbocycles. The summed E-state index contributed by atoms with van der Waals surface area (Å²) < 4.78 is 0. The Balaban J connectivity index is -0.0000000344. The molecule has 0 saturated carbocycles. The van der Waals surface area contributed by atoms with Crippen LogP contribution in [0.5, 0.6) is 0 Å². The first-order valence-corrected chi connectivity index (χ1v) is 6.43. The van der Waals surface area contributed by atoms with Gasteiger partial charge < -0.3 is 14.9 Å². The molecule has 0 amide bonds. The van der Waals surface area contributed by atoms with Gasteiger partial charge in [0.25, 0.3) is 0 Å². The molecule has 0 unspecified atom stereocenters. The van der Waals surface area contributed by atoms with Gasteiger partial charge in [-0.2, -0.15) is 0 Å². The molecule has 0 bridgehead atoms. The van der Waals surface area contributed by atoms with Crippen molar-refractivity contribution >= 4 is 0 Å². The van der Waals surface area contributed by atoms with Gasteiger partial charge in [0.15, 0.2) is 0 Å². The Kier molecular flexibility index (Phi) is 58.3. The van der Waals surface area contributed by atoms with E-state index in [-0.39, 0.29) is 53.8 Å². The summed E-state index contributed by atoms with van der Waals surface area (Å²) in [7, 11) is 0. The van der Waals surface area contributed by atoms with Crippen LogP contribution < -0.4 is 0 Å². The van der Waals surface area contributed by atoms with Crippen LogP contribution in [0, 0.1) is 14.9 Å². The Morgan fingerprint density at radius 1 is 0.700 bits per heavy atom. The predicted molar refractivity (Wildman–Crippen MR) is 90.6 cm³/mol. The van der Waals surface area contributed by atoms with Crippen molar-refractivity contribution in [3.8, 4) is 0 Å².